The first-order valence-electron chi connectivity index (χ1n) is 12.4. The molecule has 0 atom stereocenters. The number of ketones is 1. The lowest BCUT2D eigenvalue weighted by Crippen LogP contribution is -2.49. The van der Waals surface area contributed by atoms with E-state index in [-0.39, 0.29) is 17.9 Å². The molecular formula is C28H28N6O2. The van der Waals surface area contributed by atoms with Gasteiger partial charge in [0.05, 0.1) is 0 Å². The van der Waals surface area contributed by atoms with Gasteiger partial charge in [-0.1, -0.05) is 36.4 Å². The number of benzene rings is 2. The molecule has 8 nitrogen and oxygen atoms in total. The van der Waals surface area contributed by atoms with E-state index in [2.05, 4.69) is 26.3 Å². The lowest BCUT2D eigenvalue weighted by atomic mass is 10.0. The minimum atomic E-state index is -0.105. The highest BCUT2D eigenvalue weighted by Crippen LogP contribution is 2.27. The summed E-state index contributed by atoms with van der Waals surface area (Å²) in [6, 6.07) is 17.8. The number of anilines is 2. The van der Waals surface area contributed by atoms with Crippen molar-refractivity contribution in [1.82, 2.24) is 19.4 Å². The van der Waals surface area contributed by atoms with E-state index in [1.54, 1.807) is 6.07 Å². The number of carbonyl (C=O) groups is 2. The van der Waals surface area contributed by atoms with Crippen LogP contribution in [0.5, 0.6) is 0 Å². The number of rotatable bonds is 4. The number of para-hydroxylation sites is 2. The van der Waals surface area contributed by atoms with Crippen molar-refractivity contribution in [1.29, 1.82) is 0 Å². The Morgan fingerprint density at radius 2 is 1.78 bits per heavy atom. The summed E-state index contributed by atoms with van der Waals surface area (Å²) in [5.74, 6) is 0.644. The Bertz CT molecular complexity index is 1450. The van der Waals surface area contributed by atoms with Crippen LogP contribution in [0.25, 0.3) is 10.9 Å². The highest BCUT2D eigenvalue weighted by Gasteiger charge is 2.30. The molecule has 0 saturated carbocycles. The standard InChI is InChI=1S/C28H28N6O2/c1-32-17-22(21-7-3-5-9-25(21)32)27(35)24-16-26(30-18-29-24)33-13-11-20(12-14-33)34-15-10-19-6-2-4-8-23(19)31-28(34)36/h2-9,16-18,20H,10-15H2,1H3,(H,31,36). The number of nitrogens with one attached hydrogen (secondary N) is 1. The first kappa shape index (κ1) is 22.3. The molecule has 1 fully saturated rings. The van der Waals surface area contributed by atoms with Crippen LogP contribution in [0.4, 0.5) is 16.3 Å². The first-order valence-corrected chi connectivity index (χ1v) is 12.4. The first-order chi connectivity index (χ1) is 17.6. The maximum absolute atomic E-state index is 13.4. The molecule has 1 saturated heterocycles. The SMILES string of the molecule is Cn1cc(C(=O)c2cc(N3CCC(N4CCc5ccccc5NC4=O)CC3)ncn2)c2ccccc21. The number of aryl methyl sites for hydroxylation is 1. The lowest BCUT2D eigenvalue weighted by Gasteiger charge is -2.38. The molecule has 1 N–H and O–H groups in total. The number of hydrogen-bond acceptors (Lipinski definition) is 5. The smallest absolute Gasteiger partial charge is 0.322 e. The third-order valence-electron chi connectivity index (χ3n) is 7.40. The van der Waals surface area contributed by atoms with Gasteiger partial charge in [0.2, 0.25) is 5.78 Å². The summed E-state index contributed by atoms with van der Waals surface area (Å²) in [7, 11) is 1.94. The van der Waals surface area contributed by atoms with Crippen LogP contribution >= 0.6 is 0 Å². The zero-order valence-corrected chi connectivity index (χ0v) is 20.2. The molecule has 36 heavy (non-hydrogen) atoms. The highest BCUT2D eigenvalue weighted by molar-refractivity contribution is 6.15. The van der Waals surface area contributed by atoms with E-state index < -0.39 is 0 Å². The van der Waals surface area contributed by atoms with Crippen molar-refractivity contribution in [2.24, 2.45) is 7.05 Å². The maximum atomic E-state index is 13.4. The third-order valence-corrected chi connectivity index (χ3v) is 7.40. The number of hydrogen-bond donors (Lipinski definition) is 1. The topological polar surface area (TPSA) is 83.4 Å². The molecule has 2 amide bonds. The number of nitrogens with zero attached hydrogens (tertiary/aromatic N) is 5. The van der Waals surface area contributed by atoms with Crippen molar-refractivity contribution in [3.63, 3.8) is 0 Å². The van der Waals surface area contributed by atoms with Crippen LogP contribution in [0.3, 0.4) is 0 Å². The van der Waals surface area contributed by atoms with Crippen LogP contribution in [0, 0.1) is 0 Å². The highest BCUT2D eigenvalue weighted by atomic mass is 16.2. The van der Waals surface area contributed by atoms with Gasteiger partial charge in [0, 0.05) is 67.1 Å². The molecule has 2 aromatic carbocycles. The summed E-state index contributed by atoms with van der Waals surface area (Å²) in [4.78, 5) is 39.2. The maximum Gasteiger partial charge on any atom is 0.322 e. The van der Waals surface area contributed by atoms with Crippen LogP contribution in [-0.2, 0) is 13.5 Å². The second-order valence-corrected chi connectivity index (χ2v) is 9.51. The van der Waals surface area contributed by atoms with E-state index in [0.717, 1.165) is 54.8 Å². The molecule has 0 unspecified atom stereocenters. The fourth-order valence-corrected chi connectivity index (χ4v) is 5.45. The minimum Gasteiger partial charge on any atom is -0.356 e. The third kappa shape index (κ3) is 3.98. The van der Waals surface area contributed by atoms with Gasteiger partial charge in [-0.3, -0.25) is 4.79 Å². The van der Waals surface area contributed by atoms with Gasteiger partial charge in [-0.25, -0.2) is 14.8 Å². The minimum absolute atomic E-state index is 0.0246. The Kier molecular flexibility index (Phi) is 5.64. The summed E-state index contributed by atoms with van der Waals surface area (Å²) >= 11 is 0. The Balaban J connectivity index is 1.15. The molecule has 0 radical (unpaired) electrons. The van der Waals surface area contributed by atoms with Crippen LogP contribution in [-0.4, -0.2) is 56.9 Å². The fourth-order valence-electron chi connectivity index (χ4n) is 5.45. The fraction of sp³-hybridized carbons (Fsp3) is 0.286. The molecule has 0 spiro atoms. The van der Waals surface area contributed by atoms with Gasteiger partial charge >= 0.3 is 6.03 Å². The lowest BCUT2D eigenvalue weighted by molar-refractivity contribution is 0.103. The molecule has 2 aliphatic heterocycles. The van der Waals surface area contributed by atoms with Gasteiger partial charge in [0.1, 0.15) is 17.8 Å². The Hall–Kier alpha value is -4.20. The molecule has 6 rings (SSSR count). The Morgan fingerprint density at radius 3 is 2.64 bits per heavy atom. The molecule has 4 heterocycles. The largest absolute Gasteiger partial charge is 0.356 e. The predicted molar refractivity (Wildman–Crippen MR) is 139 cm³/mol. The van der Waals surface area contributed by atoms with E-state index in [4.69, 9.17) is 0 Å². The van der Waals surface area contributed by atoms with Crippen molar-refractivity contribution >= 4 is 34.2 Å². The van der Waals surface area contributed by atoms with E-state index >= 15 is 0 Å². The normalized spacial score (nSPS) is 16.5. The van der Waals surface area contributed by atoms with Gasteiger partial charge in [-0.15, -0.1) is 0 Å². The monoisotopic (exact) mass is 480 g/mol. The number of aromatic nitrogens is 3. The van der Waals surface area contributed by atoms with Gasteiger partial charge < -0.3 is 19.7 Å². The van der Waals surface area contributed by atoms with Crippen molar-refractivity contribution in [3.05, 3.63) is 83.9 Å². The van der Waals surface area contributed by atoms with Gasteiger partial charge in [0.25, 0.3) is 0 Å². The van der Waals surface area contributed by atoms with Crippen molar-refractivity contribution in [3.8, 4) is 0 Å². The molecule has 8 heteroatoms. The number of fused-ring (bicyclic) bond motifs is 2. The molecule has 4 aromatic rings. The van der Waals surface area contributed by atoms with Crippen molar-refractivity contribution in [2.75, 3.05) is 29.9 Å². The Labute approximate surface area is 209 Å². The van der Waals surface area contributed by atoms with Gasteiger partial charge in [0.15, 0.2) is 0 Å². The van der Waals surface area contributed by atoms with Crippen LogP contribution < -0.4 is 10.2 Å². The van der Waals surface area contributed by atoms with Crippen LogP contribution in [0.15, 0.2) is 67.1 Å². The summed E-state index contributed by atoms with van der Waals surface area (Å²) in [5.41, 5.74) is 4.13. The Morgan fingerprint density at radius 1 is 1.00 bits per heavy atom. The van der Waals surface area contributed by atoms with Crippen LogP contribution in [0.1, 0.15) is 34.5 Å². The summed E-state index contributed by atoms with van der Waals surface area (Å²) < 4.78 is 1.97. The summed E-state index contributed by atoms with van der Waals surface area (Å²) in [6.07, 6.45) is 5.88. The van der Waals surface area contributed by atoms with E-state index in [1.165, 1.54) is 11.9 Å². The molecule has 2 aromatic heterocycles. The molecule has 0 bridgehead atoms. The number of piperidine rings is 1. The van der Waals surface area contributed by atoms with Crippen molar-refractivity contribution < 1.29 is 9.59 Å². The number of urea groups is 1. The molecular weight excluding hydrogens is 452 g/mol. The zero-order valence-electron chi connectivity index (χ0n) is 20.2. The van der Waals surface area contributed by atoms with Gasteiger partial charge in [-0.05, 0) is 37.0 Å². The molecule has 2 aliphatic rings. The second-order valence-electron chi connectivity index (χ2n) is 9.51. The number of amides is 2. The predicted octanol–water partition coefficient (Wildman–Crippen LogP) is 4.26. The average molecular weight is 481 g/mol. The molecule has 182 valence electrons. The number of carbonyl (C=O) groups excluding carboxylic acids is 2. The zero-order chi connectivity index (χ0) is 24.6. The molecule has 0 aliphatic carbocycles. The van der Waals surface area contributed by atoms with E-state index in [1.807, 2.05) is 65.2 Å². The van der Waals surface area contributed by atoms with E-state index in [9.17, 15) is 9.59 Å². The second kappa shape index (κ2) is 9.11. The van der Waals surface area contributed by atoms with E-state index in [0.29, 0.717) is 17.8 Å². The quantitative estimate of drug-likeness (QED) is 0.442. The van der Waals surface area contributed by atoms with Crippen LogP contribution in [0.2, 0.25) is 0 Å². The van der Waals surface area contributed by atoms with Gasteiger partial charge in [-0.2, -0.15) is 0 Å². The summed E-state index contributed by atoms with van der Waals surface area (Å²) in [5, 5.41) is 4.00. The summed E-state index contributed by atoms with van der Waals surface area (Å²) in [6.45, 7) is 2.24. The average Bonchev–Trinajstić information content (AvgIpc) is 3.15. The van der Waals surface area contributed by atoms with Crippen molar-refractivity contribution in [2.45, 2.75) is 25.3 Å².